The second-order valence-corrected chi connectivity index (χ2v) is 6.58. The van der Waals surface area contributed by atoms with Gasteiger partial charge in [0, 0.05) is 23.7 Å². The maximum Gasteiger partial charge on any atom is 0.419 e. The minimum atomic E-state index is -0.527. The number of hydrogen-bond acceptors (Lipinski definition) is 4. The molecule has 0 bridgehead atoms. The van der Waals surface area contributed by atoms with Crippen molar-refractivity contribution in [3.8, 4) is 5.75 Å². The minimum Gasteiger partial charge on any atom is -0.496 e. The molecular formula is C20H32N2O3. The summed E-state index contributed by atoms with van der Waals surface area (Å²) in [5.74, 6) is 0.831. The lowest BCUT2D eigenvalue weighted by atomic mass is 10.0. The Hall–Kier alpha value is -2.01. The van der Waals surface area contributed by atoms with Crippen molar-refractivity contribution < 1.29 is 14.3 Å². The van der Waals surface area contributed by atoms with Crippen molar-refractivity contribution in [3.63, 3.8) is 0 Å². The summed E-state index contributed by atoms with van der Waals surface area (Å²) in [6, 6.07) is 3.91. The number of ether oxygens (including phenoxy) is 2. The fraction of sp³-hybridized carbons (Fsp3) is 0.550. The number of nitrogens with one attached hydrogen (secondary N) is 1. The third-order valence-corrected chi connectivity index (χ3v) is 3.59. The Morgan fingerprint density at radius 1 is 1.28 bits per heavy atom. The van der Waals surface area contributed by atoms with Crippen LogP contribution in [0.4, 0.5) is 4.79 Å². The molecule has 0 saturated carbocycles. The summed E-state index contributed by atoms with van der Waals surface area (Å²) in [5.41, 5.74) is 2.37. The van der Waals surface area contributed by atoms with Gasteiger partial charge in [0.05, 0.1) is 12.6 Å². The molecule has 0 saturated heterocycles. The maximum absolute atomic E-state index is 12.5. The molecule has 5 nitrogen and oxygen atoms in total. The van der Waals surface area contributed by atoms with E-state index in [0.717, 1.165) is 34.3 Å². The third-order valence-electron chi connectivity index (χ3n) is 3.59. The number of aryl methyl sites for hydroxylation is 1. The van der Waals surface area contributed by atoms with Gasteiger partial charge in [-0.05, 0) is 51.9 Å². The van der Waals surface area contributed by atoms with E-state index in [1.54, 1.807) is 17.9 Å². The lowest BCUT2D eigenvalue weighted by molar-refractivity contribution is 0.0544. The Balaban J connectivity index is 0.00000151. The van der Waals surface area contributed by atoms with E-state index in [2.05, 4.69) is 12.2 Å². The van der Waals surface area contributed by atoms with Crippen molar-refractivity contribution in [1.82, 2.24) is 9.88 Å². The molecule has 2 aromatic rings. The third kappa shape index (κ3) is 4.98. The largest absolute Gasteiger partial charge is 0.496 e. The Bertz CT molecular complexity index is 712. The Morgan fingerprint density at radius 2 is 1.92 bits per heavy atom. The first-order valence-corrected chi connectivity index (χ1v) is 8.90. The van der Waals surface area contributed by atoms with Crippen molar-refractivity contribution in [1.29, 1.82) is 0 Å². The molecule has 140 valence electrons. The van der Waals surface area contributed by atoms with E-state index in [0.29, 0.717) is 6.54 Å². The molecule has 0 atom stereocenters. The molecule has 0 radical (unpaired) electrons. The second kappa shape index (κ2) is 8.90. The van der Waals surface area contributed by atoms with Crippen LogP contribution in [0.25, 0.3) is 10.9 Å². The summed E-state index contributed by atoms with van der Waals surface area (Å²) in [6.45, 7) is 15.2. The highest BCUT2D eigenvalue weighted by Gasteiger charge is 2.21. The number of aromatic nitrogens is 1. The van der Waals surface area contributed by atoms with Crippen LogP contribution >= 0.6 is 0 Å². The first-order valence-electron chi connectivity index (χ1n) is 8.90. The molecule has 1 heterocycles. The van der Waals surface area contributed by atoms with Gasteiger partial charge in [0.1, 0.15) is 11.4 Å². The second-order valence-electron chi connectivity index (χ2n) is 6.58. The molecule has 0 unspecified atom stereocenters. The number of benzene rings is 1. The van der Waals surface area contributed by atoms with Crippen LogP contribution in [0, 0.1) is 6.92 Å². The Morgan fingerprint density at radius 3 is 2.44 bits per heavy atom. The summed E-state index contributed by atoms with van der Waals surface area (Å²) >= 11 is 0. The molecule has 1 N–H and O–H groups in total. The number of methoxy groups -OCH3 is 1. The standard InChI is InChI=1S/C18H26N2O3.C2H6/c1-7-19-11-14-13-8-9-20(17(21)23-18(3,4)5)16(13)12(2)10-15(14)22-6;1-2/h8-10,19H,7,11H2,1-6H3;1-2H3. The van der Waals surface area contributed by atoms with E-state index in [1.807, 2.05) is 53.7 Å². The van der Waals surface area contributed by atoms with Gasteiger partial charge >= 0.3 is 6.09 Å². The fourth-order valence-corrected chi connectivity index (χ4v) is 2.64. The SMILES string of the molecule is CC.CCNCc1c(OC)cc(C)c2c1ccn2C(=O)OC(C)(C)C. The highest BCUT2D eigenvalue weighted by Crippen LogP contribution is 2.32. The van der Waals surface area contributed by atoms with Crippen LogP contribution < -0.4 is 10.1 Å². The fourth-order valence-electron chi connectivity index (χ4n) is 2.64. The molecule has 25 heavy (non-hydrogen) atoms. The number of carbonyl (C=O) groups is 1. The number of nitrogens with zero attached hydrogens (tertiary/aromatic N) is 1. The van der Waals surface area contributed by atoms with Crippen molar-refractivity contribution in [3.05, 3.63) is 29.5 Å². The average Bonchev–Trinajstić information content (AvgIpc) is 3.00. The summed E-state index contributed by atoms with van der Waals surface area (Å²) in [4.78, 5) is 12.5. The minimum absolute atomic E-state index is 0.366. The van der Waals surface area contributed by atoms with Gasteiger partial charge in [0.2, 0.25) is 0 Å². The normalized spacial score (nSPS) is 11.0. The number of rotatable bonds is 4. The van der Waals surface area contributed by atoms with Gasteiger partial charge in [0.15, 0.2) is 0 Å². The molecule has 0 spiro atoms. The van der Waals surface area contributed by atoms with Crippen LogP contribution in [-0.2, 0) is 11.3 Å². The predicted octanol–water partition coefficient (Wildman–Crippen LogP) is 4.88. The molecule has 0 fully saturated rings. The van der Waals surface area contributed by atoms with Gasteiger partial charge in [-0.1, -0.05) is 20.8 Å². The monoisotopic (exact) mass is 348 g/mol. The zero-order valence-electron chi connectivity index (χ0n) is 16.8. The molecule has 0 aliphatic heterocycles. The van der Waals surface area contributed by atoms with Crippen molar-refractivity contribution >= 4 is 17.0 Å². The van der Waals surface area contributed by atoms with Crippen LogP contribution in [0.15, 0.2) is 18.3 Å². The molecule has 0 aliphatic rings. The van der Waals surface area contributed by atoms with Gasteiger partial charge in [0.25, 0.3) is 0 Å². The molecule has 5 heteroatoms. The lowest BCUT2D eigenvalue weighted by Crippen LogP contribution is -2.26. The lowest BCUT2D eigenvalue weighted by Gasteiger charge is -2.20. The van der Waals surface area contributed by atoms with E-state index in [4.69, 9.17) is 9.47 Å². The van der Waals surface area contributed by atoms with Gasteiger partial charge in [-0.3, -0.25) is 4.57 Å². The van der Waals surface area contributed by atoms with E-state index in [9.17, 15) is 4.79 Å². The number of hydrogen-bond donors (Lipinski definition) is 1. The summed E-state index contributed by atoms with van der Waals surface area (Å²) in [6.07, 6.45) is 1.40. The smallest absolute Gasteiger partial charge is 0.419 e. The van der Waals surface area contributed by atoms with Gasteiger partial charge in [-0.15, -0.1) is 0 Å². The molecule has 0 aliphatic carbocycles. The zero-order valence-corrected chi connectivity index (χ0v) is 16.8. The molecular weight excluding hydrogens is 316 g/mol. The van der Waals surface area contributed by atoms with E-state index < -0.39 is 5.60 Å². The maximum atomic E-state index is 12.5. The van der Waals surface area contributed by atoms with Crippen molar-refractivity contribution in [2.45, 2.75) is 60.6 Å². The highest BCUT2D eigenvalue weighted by atomic mass is 16.6. The molecule has 0 amide bonds. The average molecular weight is 348 g/mol. The first kappa shape index (κ1) is 21.0. The van der Waals surface area contributed by atoms with E-state index in [-0.39, 0.29) is 6.09 Å². The predicted molar refractivity (Wildman–Crippen MR) is 104 cm³/mol. The van der Waals surface area contributed by atoms with Crippen molar-refractivity contribution in [2.75, 3.05) is 13.7 Å². The molecule has 1 aromatic carbocycles. The number of carbonyl (C=O) groups excluding carboxylic acids is 1. The van der Waals surface area contributed by atoms with E-state index in [1.165, 1.54) is 0 Å². The summed E-state index contributed by atoms with van der Waals surface area (Å²) < 4.78 is 12.6. The first-order chi connectivity index (χ1) is 11.8. The molecule has 1 aromatic heterocycles. The quantitative estimate of drug-likeness (QED) is 0.856. The molecule has 2 rings (SSSR count). The van der Waals surface area contributed by atoms with Gasteiger partial charge in [-0.2, -0.15) is 0 Å². The number of fused-ring (bicyclic) bond motifs is 1. The van der Waals surface area contributed by atoms with Crippen LogP contribution in [0.2, 0.25) is 0 Å². The van der Waals surface area contributed by atoms with Crippen LogP contribution in [0.5, 0.6) is 5.75 Å². The van der Waals surface area contributed by atoms with Crippen LogP contribution in [0.1, 0.15) is 52.7 Å². The Labute approximate surface area is 151 Å². The van der Waals surface area contributed by atoms with Crippen molar-refractivity contribution in [2.24, 2.45) is 0 Å². The summed E-state index contributed by atoms with van der Waals surface area (Å²) in [5, 5.41) is 4.33. The summed E-state index contributed by atoms with van der Waals surface area (Å²) in [7, 11) is 1.67. The van der Waals surface area contributed by atoms with Crippen LogP contribution in [0.3, 0.4) is 0 Å². The highest BCUT2D eigenvalue weighted by molar-refractivity contribution is 5.95. The Kier molecular flexibility index (Phi) is 7.49. The van der Waals surface area contributed by atoms with Gasteiger partial charge in [-0.25, -0.2) is 4.79 Å². The topological polar surface area (TPSA) is 52.5 Å². The zero-order chi connectivity index (χ0) is 19.2. The van der Waals surface area contributed by atoms with E-state index >= 15 is 0 Å². The van der Waals surface area contributed by atoms with Crippen LogP contribution in [-0.4, -0.2) is 29.9 Å². The van der Waals surface area contributed by atoms with Gasteiger partial charge < -0.3 is 14.8 Å².